The van der Waals surface area contributed by atoms with Crippen molar-refractivity contribution >= 4 is 16.9 Å². The van der Waals surface area contributed by atoms with Gasteiger partial charge in [0.05, 0.1) is 17.7 Å². The van der Waals surface area contributed by atoms with Gasteiger partial charge in [-0.1, -0.05) is 0 Å². The number of hydrogen-bond donors (Lipinski definition) is 2. The van der Waals surface area contributed by atoms with Crippen LogP contribution in [0.15, 0.2) is 30.5 Å². The van der Waals surface area contributed by atoms with Gasteiger partial charge >= 0.3 is 0 Å². The lowest BCUT2D eigenvalue weighted by molar-refractivity contribution is 0.0946. The summed E-state index contributed by atoms with van der Waals surface area (Å²) in [5.41, 5.74) is 5.12. The molecule has 4 heterocycles. The molecule has 0 aromatic carbocycles. The Balaban J connectivity index is 1.57. The summed E-state index contributed by atoms with van der Waals surface area (Å²) in [6.45, 7) is 1.39. The van der Waals surface area contributed by atoms with Crippen molar-refractivity contribution in [3.63, 3.8) is 0 Å². The predicted molar refractivity (Wildman–Crippen MR) is 93.6 cm³/mol. The van der Waals surface area contributed by atoms with Gasteiger partial charge in [0.1, 0.15) is 5.52 Å². The van der Waals surface area contributed by atoms with Crippen LogP contribution in [0.3, 0.4) is 0 Å². The summed E-state index contributed by atoms with van der Waals surface area (Å²) in [6.07, 6.45) is 5.07. The molecule has 0 bridgehead atoms. The van der Waals surface area contributed by atoms with Crippen LogP contribution in [0.1, 0.15) is 28.9 Å². The molecule has 0 unspecified atom stereocenters. The van der Waals surface area contributed by atoms with E-state index in [9.17, 15) is 4.79 Å². The van der Waals surface area contributed by atoms with Gasteiger partial charge in [0.2, 0.25) is 5.88 Å². The fraction of sp³-hybridized carbons (Fsp3) is 0.316. The van der Waals surface area contributed by atoms with E-state index in [-0.39, 0.29) is 5.91 Å². The average molecular weight is 334 g/mol. The zero-order valence-electron chi connectivity index (χ0n) is 13.7. The van der Waals surface area contributed by atoms with Crippen molar-refractivity contribution in [3.05, 3.63) is 41.7 Å². The van der Waals surface area contributed by atoms with Gasteiger partial charge in [0, 0.05) is 42.2 Å². The summed E-state index contributed by atoms with van der Waals surface area (Å²) in [7, 11) is 0. The highest BCUT2D eigenvalue weighted by atomic mass is 16.5. The van der Waals surface area contributed by atoms with Crippen LogP contribution in [-0.4, -0.2) is 34.0 Å². The highest BCUT2D eigenvalue weighted by molar-refractivity contribution is 5.99. The van der Waals surface area contributed by atoms with Gasteiger partial charge in [-0.2, -0.15) is 0 Å². The molecule has 3 aromatic heterocycles. The Kier molecular flexibility index (Phi) is 3.23. The van der Waals surface area contributed by atoms with Gasteiger partial charge in [-0.05, 0) is 37.0 Å². The van der Waals surface area contributed by atoms with Gasteiger partial charge in [-0.15, -0.1) is 0 Å². The number of nitrogens with zero attached hydrogens (tertiary/aromatic N) is 2. The van der Waals surface area contributed by atoms with Crippen LogP contribution in [0.2, 0.25) is 0 Å². The van der Waals surface area contributed by atoms with Gasteiger partial charge in [-0.25, -0.2) is 4.98 Å². The molecular formula is C19H18N4O2. The molecule has 1 aliphatic carbocycles. The van der Waals surface area contributed by atoms with Crippen molar-refractivity contribution in [3.8, 4) is 17.1 Å². The summed E-state index contributed by atoms with van der Waals surface area (Å²) in [6, 6.07) is 7.63. The lowest BCUT2D eigenvalue weighted by Crippen LogP contribution is -2.31. The standard InChI is InChI=1S/C19H18N4O2/c24-19-13-9-16(22-14(13)6-8-21-19)12-5-7-20-15-3-4-17(23-18(12)15)25-10-11-1-2-11/h3-5,7,9,11,22H,1-2,6,8,10H2,(H,21,24). The topological polar surface area (TPSA) is 79.9 Å². The Morgan fingerprint density at radius 2 is 2.12 bits per heavy atom. The number of fused-ring (bicyclic) bond motifs is 2. The Morgan fingerprint density at radius 1 is 1.20 bits per heavy atom. The van der Waals surface area contributed by atoms with Gasteiger partial charge in [0.15, 0.2) is 0 Å². The van der Waals surface area contributed by atoms with Gasteiger partial charge in [-0.3, -0.25) is 9.78 Å². The number of H-pyrrole nitrogens is 1. The number of hydrogen-bond acceptors (Lipinski definition) is 4. The first-order valence-corrected chi connectivity index (χ1v) is 8.67. The number of rotatable bonds is 4. The Hall–Kier alpha value is -2.89. The average Bonchev–Trinajstić information content (AvgIpc) is 3.36. The molecule has 6 heteroatoms. The fourth-order valence-corrected chi connectivity index (χ4v) is 3.23. The summed E-state index contributed by atoms with van der Waals surface area (Å²) < 4.78 is 5.81. The van der Waals surface area contributed by atoms with Crippen molar-refractivity contribution < 1.29 is 9.53 Å². The molecule has 1 aliphatic heterocycles. The smallest absolute Gasteiger partial charge is 0.253 e. The quantitative estimate of drug-likeness (QED) is 0.769. The number of ether oxygens (including phenoxy) is 1. The highest BCUT2D eigenvalue weighted by Crippen LogP contribution is 2.31. The molecule has 0 spiro atoms. The molecule has 2 aliphatic rings. The van der Waals surface area contributed by atoms with Crippen LogP contribution >= 0.6 is 0 Å². The molecule has 6 nitrogen and oxygen atoms in total. The minimum Gasteiger partial charge on any atom is -0.477 e. The third kappa shape index (κ3) is 2.63. The Labute approximate surface area is 144 Å². The SMILES string of the molecule is O=C1NCCc2[nH]c(-c3ccnc4ccc(OCC5CC5)nc34)cc21. The lowest BCUT2D eigenvalue weighted by Gasteiger charge is -2.11. The van der Waals surface area contributed by atoms with Crippen molar-refractivity contribution in [2.75, 3.05) is 13.2 Å². The first-order chi connectivity index (χ1) is 12.3. The van der Waals surface area contributed by atoms with Gasteiger partial charge < -0.3 is 15.0 Å². The molecule has 5 rings (SSSR count). The molecule has 1 fully saturated rings. The van der Waals surface area contributed by atoms with E-state index in [1.807, 2.05) is 24.3 Å². The number of carbonyl (C=O) groups is 1. The third-order valence-corrected chi connectivity index (χ3v) is 4.82. The van der Waals surface area contributed by atoms with E-state index < -0.39 is 0 Å². The van der Waals surface area contributed by atoms with Gasteiger partial charge in [0.25, 0.3) is 5.91 Å². The minimum atomic E-state index is -0.0245. The molecule has 1 saturated carbocycles. The fourth-order valence-electron chi connectivity index (χ4n) is 3.23. The monoisotopic (exact) mass is 334 g/mol. The third-order valence-electron chi connectivity index (χ3n) is 4.82. The van der Waals surface area contributed by atoms with Crippen LogP contribution in [-0.2, 0) is 6.42 Å². The number of aromatic amines is 1. The van der Waals surface area contributed by atoms with Crippen molar-refractivity contribution in [1.82, 2.24) is 20.3 Å². The summed E-state index contributed by atoms with van der Waals surface area (Å²) in [5.74, 6) is 1.28. The number of carbonyl (C=O) groups excluding carboxylic acids is 1. The summed E-state index contributed by atoms with van der Waals surface area (Å²) in [5, 5.41) is 2.88. The first kappa shape index (κ1) is 14.5. The zero-order chi connectivity index (χ0) is 16.8. The van der Waals surface area contributed by atoms with Crippen LogP contribution in [0, 0.1) is 5.92 Å². The molecule has 1 amide bonds. The van der Waals surface area contributed by atoms with E-state index in [4.69, 9.17) is 4.74 Å². The molecule has 0 saturated heterocycles. The van der Waals surface area contributed by atoms with E-state index in [1.165, 1.54) is 12.8 Å². The summed E-state index contributed by atoms with van der Waals surface area (Å²) in [4.78, 5) is 24.5. The molecule has 0 radical (unpaired) electrons. The second kappa shape index (κ2) is 5.58. The zero-order valence-corrected chi connectivity index (χ0v) is 13.7. The normalized spacial score (nSPS) is 16.6. The number of pyridine rings is 2. The van der Waals surface area contributed by atoms with Crippen LogP contribution < -0.4 is 10.1 Å². The lowest BCUT2D eigenvalue weighted by atomic mass is 10.1. The number of amides is 1. The molecular weight excluding hydrogens is 316 g/mol. The van der Waals surface area contributed by atoms with Crippen molar-refractivity contribution in [1.29, 1.82) is 0 Å². The number of nitrogens with one attached hydrogen (secondary N) is 2. The molecule has 25 heavy (non-hydrogen) atoms. The minimum absolute atomic E-state index is 0.0245. The second-order valence-corrected chi connectivity index (χ2v) is 6.71. The maximum Gasteiger partial charge on any atom is 0.253 e. The molecule has 3 aromatic rings. The van der Waals surface area contributed by atoms with Crippen molar-refractivity contribution in [2.45, 2.75) is 19.3 Å². The Bertz CT molecular complexity index is 975. The second-order valence-electron chi connectivity index (χ2n) is 6.71. The van der Waals surface area contributed by atoms with E-state index in [0.29, 0.717) is 23.9 Å². The molecule has 2 N–H and O–H groups in total. The largest absolute Gasteiger partial charge is 0.477 e. The Morgan fingerprint density at radius 3 is 2.96 bits per heavy atom. The number of aromatic nitrogens is 3. The van der Waals surface area contributed by atoms with E-state index in [1.54, 1.807) is 6.20 Å². The van der Waals surface area contributed by atoms with E-state index in [2.05, 4.69) is 20.3 Å². The van der Waals surface area contributed by atoms with Crippen LogP contribution in [0.25, 0.3) is 22.3 Å². The van der Waals surface area contributed by atoms with Crippen LogP contribution in [0.5, 0.6) is 5.88 Å². The molecule has 126 valence electrons. The summed E-state index contributed by atoms with van der Waals surface area (Å²) >= 11 is 0. The maximum absolute atomic E-state index is 12.0. The highest BCUT2D eigenvalue weighted by Gasteiger charge is 2.23. The van der Waals surface area contributed by atoms with E-state index >= 15 is 0 Å². The maximum atomic E-state index is 12.0. The predicted octanol–water partition coefficient (Wildman–Crippen LogP) is 2.70. The van der Waals surface area contributed by atoms with Crippen molar-refractivity contribution in [2.24, 2.45) is 5.92 Å². The van der Waals surface area contributed by atoms with Crippen LogP contribution in [0.4, 0.5) is 0 Å². The van der Waals surface area contributed by atoms with E-state index in [0.717, 1.165) is 41.0 Å². The molecule has 0 atom stereocenters. The first-order valence-electron chi connectivity index (χ1n) is 8.67.